The van der Waals surface area contributed by atoms with E-state index in [0.29, 0.717) is 12.6 Å². The Morgan fingerprint density at radius 3 is 2.75 bits per heavy atom. The van der Waals surface area contributed by atoms with Crippen molar-refractivity contribution in [2.75, 3.05) is 19.8 Å². The molecule has 1 aliphatic heterocycles. The Morgan fingerprint density at radius 1 is 1.30 bits per heavy atom. The van der Waals surface area contributed by atoms with Gasteiger partial charge in [0.2, 0.25) is 0 Å². The Morgan fingerprint density at radius 2 is 2.10 bits per heavy atom. The van der Waals surface area contributed by atoms with Crippen LogP contribution in [0, 0.1) is 0 Å². The van der Waals surface area contributed by atoms with Crippen molar-refractivity contribution in [3.63, 3.8) is 0 Å². The molecule has 2 rings (SSSR count). The molecule has 0 spiro atoms. The van der Waals surface area contributed by atoms with Crippen LogP contribution in [0.3, 0.4) is 0 Å². The van der Waals surface area contributed by atoms with E-state index >= 15 is 0 Å². The molecule has 1 aromatic rings. The van der Waals surface area contributed by atoms with Crippen LogP contribution in [0.4, 0.5) is 0 Å². The SMILES string of the molecule is CCNC(C)Cc1ccc(OCC2CCCCO2)cc1. The highest BCUT2D eigenvalue weighted by Crippen LogP contribution is 2.17. The van der Waals surface area contributed by atoms with Gasteiger partial charge in [-0.3, -0.25) is 0 Å². The molecule has 3 heteroatoms. The average Bonchev–Trinajstić information content (AvgIpc) is 2.48. The number of likely N-dealkylation sites (N-methyl/N-ethyl adjacent to an activating group) is 1. The maximum Gasteiger partial charge on any atom is 0.119 e. The molecule has 1 fully saturated rings. The fourth-order valence-corrected chi connectivity index (χ4v) is 2.62. The number of rotatable bonds is 7. The minimum Gasteiger partial charge on any atom is -0.491 e. The van der Waals surface area contributed by atoms with E-state index in [9.17, 15) is 0 Å². The van der Waals surface area contributed by atoms with E-state index in [-0.39, 0.29) is 6.10 Å². The van der Waals surface area contributed by atoms with Gasteiger partial charge in [-0.15, -0.1) is 0 Å². The van der Waals surface area contributed by atoms with Crippen LogP contribution >= 0.6 is 0 Å². The number of nitrogens with one attached hydrogen (secondary N) is 1. The molecule has 2 atom stereocenters. The van der Waals surface area contributed by atoms with Crippen LogP contribution in [0.5, 0.6) is 5.75 Å². The van der Waals surface area contributed by atoms with Crippen molar-refractivity contribution in [1.82, 2.24) is 5.32 Å². The van der Waals surface area contributed by atoms with Crippen molar-refractivity contribution in [2.45, 2.75) is 51.7 Å². The lowest BCUT2D eigenvalue weighted by Gasteiger charge is -2.22. The first-order valence-corrected chi connectivity index (χ1v) is 7.84. The third kappa shape index (κ3) is 5.14. The van der Waals surface area contributed by atoms with Crippen LogP contribution in [0.15, 0.2) is 24.3 Å². The van der Waals surface area contributed by atoms with Crippen LogP contribution in [-0.4, -0.2) is 31.9 Å². The molecule has 112 valence electrons. The largest absolute Gasteiger partial charge is 0.491 e. The molecule has 0 aromatic heterocycles. The second-order valence-corrected chi connectivity index (χ2v) is 5.61. The normalized spacial score (nSPS) is 20.6. The summed E-state index contributed by atoms with van der Waals surface area (Å²) in [5.74, 6) is 0.944. The van der Waals surface area contributed by atoms with Crippen LogP contribution in [0.2, 0.25) is 0 Å². The first kappa shape index (κ1) is 15.3. The highest BCUT2D eigenvalue weighted by Gasteiger charge is 2.14. The van der Waals surface area contributed by atoms with Gasteiger partial charge in [-0.1, -0.05) is 19.1 Å². The first-order chi connectivity index (χ1) is 9.78. The van der Waals surface area contributed by atoms with Crippen molar-refractivity contribution in [2.24, 2.45) is 0 Å². The van der Waals surface area contributed by atoms with Gasteiger partial charge < -0.3 is 14.8 Å². The van der Waals surface area contributed by atoms with E-state index < -0.39 is 0 Å². The van der Waals surface area contributed by atoms with Crippen molar-refractivity contribution in [3.05, 3.63) is 29.8 Å². The summed E-state index contributed by atoms with van der Waals surface area (Å²) in [6.07, 6.45) is 4.90. The third-order valence-electron chi connectivity index (χ3n) is 3.73. The molecule has 1 N–H and O–H groups in total. The predicted molar refractivity (Wildman–Crippen MR) is 82.4 cm³/mol. The summed E-state index contributed by atoms with van der Waals surface area (Å²) in [5.41, 5.74) is 1.35. The minimum absolute atomic E-state index is 0.275. The molecule has 0 radical (unpaired) electrons. The fourth-order valence-electron chi connectivity index (χ4n) is 2.62. The second kappa shape index (κ2) is 8.28. The van der Waals surface area contributed by atoms with Gasteiger partial charge in [0.15, 0.2) is 0 Å². The third-order valence-corrected chi connectivity index (χ3v) is 3.73. The van der Waals surface area contributed by atoms with Gasteiger partial charge in [0.25, 0.3) is 0 Å². The highest BCUT2D eigenvalue weighted by atomic mass is 16.5. The van der Waals surface area contributed by atoms with Gasteiger partial charge in [0, 0.05) is 12.6 Å². The van der Waals surface area contributed by atoms with Crippen molar-refractivity contribution in [3.8, 4) is 5.75 Å². The fraction of sp³-hybridized carbons (Fsp3) is 0.647. The molecule has 0 bridgehead atoms. The molecule has 0 aliphatic carbocycles. The average molecular weight is 277 g/mol. The van der Waals surface area contributed by atoms with Gasteiger partial charge >= 0.3 is 0 Å². The molecular formula is C17H27NO2. The highest BCUT2D eigenvalue weighted by molar-refractivity contribution is 5.27. The summed E-state index contributed by atoms with van der Waals surface area (Å²) in [7, 11) is 0. The summed E-state index contributed by atoms with van der Waals surface area (Å²) >= 11 is 0. The lowest BCUT2D eigenvalue weighted by molar-refractivity contribution is -0.0110. The lowest BCUT2D eigenvalue weighted by atomic mass is 10.1. The smallest absolute Gasteiger partial charge is 0.119 e. The monoisotopic (exact) mass is 277 g/mol. The van der Waals surface area contributed by atoms with Gasteiger partial charge in [-0.2, -0.15) is 0 Å². The van der Waals surface area contributed by atoms with Gasteiger partial charge in [0.1, 0.15) is 12.4 Å². The predicted octanol–water partition coefficient (Wildman–Crippen LogP) is 3.18. The molecule has 1 aromatic carbocycles. The summed E-state index contributed by atoms with van der Waals surface area (Å²) < 4.78 is 11.5. The molecule has 1 saturated heterocycles. The Balaban J connectivity index is 1.75. The van der Waals surface area contributed by atoms with Gasteiger partial charge in [-0.05, 0) is 56.8 Å². The Labute approximate surface area is 122 Å². The van der Waals surface area contributed by atoms with E-state index in [2.05, 4.69) is 43.4 Å². The van der Waals surface area contributed by atoms with Crippen molar-refractivity contribution in [1.29, 1.82) is 0 Å². The minimum atomic E-state index is 0.275. The Hall–Kier alpha value is -1.06. The van der Waals surface area contributed by atoms with Crippen LogP contribution < -0.4 is 10.1 Å². The first-order valence-electron chi connectivity index (χ1n) is 7.84. The zero-order valence-electron chi connectivity index (χ0n) is 12.7. The molecule has 2 unspecified atom stereocenters. The molecular weight excluding hydrogens is 250 g/mol. The number of benzene rings is 1. The molecule has 1 aliphatic rings. The van der Waals surface area contributed by atoms with Gasteiger partial charge in [0.05, 0.1) is 6.10 Å². The van der Waals surface area contributed by atoms with E-state index in [1.807, 2.05) is 0 Å². The number of hydrogen-bond acceptors (Lipinski definition) is 3. The molecule has 0 saturated carbocycles. The maximum absolute atomic E-state index is 5.81. The molecule has 20 heavy (non-hydrogen) atoms. The maximum atomic E-state index is 5.81. The summed E-state index contributed by atoms with van der Waals surface area (Å²) in [6.45, 7) is 6.93. The second-order valence-electron chi connectivity index (χ2n) is 5.61. The van der Waals surface area contributed by atoms with Crippen LogP contribution in [0.1, 0.15) is 38.7 Å². The molecule has 1 heterocycles. The molecule has 3 nitrogen and oxygen atoms in total. The van der Waals surface area contributed by atoms with Crippen LogP contribution in [0.25, 0.3) is 0 Å². The zero-order chi connectivity index (χ0) is 14.2. The quantitative estimate of drug-likeness (QED) is 0.830. The Kier molecular flexibility index (Phi) is 6.34. The van der Waals surface area contributed by atoms with E-state index in [0.717, 1.165) is 31.7 Å². The van der Waals surface area contributed by atoms with E-state index in [1.165, 1.54) is 18.4 Å². The Bertz CT molecular complexity index is 371. The number of ether oxygens (including phenoxy) is 2. The topological polar surface area (TPSA) is 30.5 Å². The van der Waals surface area contributed by atoms with Crippen LogP contribution in [-0.2, 0) is 11.2 Å². The summed E-state index contributed by atoms with van der Waals surface area (Å²) in [4.78, 5) is 0. The number of hydrogen-bond donors (Lipinski definition) is 1. The van der Waals surface area contributed by atoms with E-state index in [1.54, 1.807) is 0 Å². The van der Waals surface area contributed by atoms with E-state index in [4.69, 9.17) is 9.47 Å². The molecule has 0 amide bonds. The lowest BCUT2D eigenvalue weighted by Crippen LogP contribution is -2.27. The summed E-state index contributed by atoms with van der Waals surface area (Å²) in [6, 6.07) is 8.96. The van der Waals surface area contributed by atoms with Crippen molar-refractivity contribution >= 4 is 0 Å². The zero-order valence-corrected chi connectivity index (χ0v) is 12.7. The van der Waals surface area contributed by atoms with Gasteiger partial charge in [-0.25, -0.2) is 0 Å². The standard InChI is InChI=1S/C17H27NO2/c1-3-18-14(2)12-15-7-9-16(10-8-15)20-13-17-6-4-5-11-19-17/h7-10,14,17-18H,3-6,11-13H2,1-2H3. The summed E-state index contributed by atoms with van der Waals surface area (Å²) in [5, 5.41) is 3.43. The van der Waals surface area contributed by atoms with Crippen molar-refractivity contribution < 1.29 is 9.47 Å².